The average Bonchev–Trinajstić information content (AvgIpc) is 2.65. The van der Waals surface area contributed by atoms with Gasteiger partial charge in [0.2, 0.25) is 0 Å². The summed E-state index contributed by atoms with van der Waals surface area (Å²) in [5, 5.41) is 0. The van der Waals surface area contributed by atoms with Crippen molar-refractivity contribution in [3.8, 4) is 5.75 Å². The zero-order valence-corrected chi connectivity index (χ0v) is 16.0. The zero-order chi connectivity index (χ0) is 18.3. The molecule has 0 radical (unpaired) electrons. The predicted molar refractivity (Wildman–Crippen MR) is 103 cm³/mol. The van der Waals surface area contributed by atoms with E-state index in [1.807, 2.05) is 55.5 Å². The van der Waals surface area contributed by atoms with Crippen molar-refractivity contribution < 1.29 is 13.7 Å². The van der Waals surface area contributed by atoms with E-state index in [0.29, 0.717) is 4.90 Å². The van der Waals surface area contributed by atoms with Gasteiger partial charge in [-0.2, -0.15) is 4.40 Å². The van der Waals surface area contributed by atoms with Crippen molar-refractivity contribution in [2.75, 3.05) is 13.9 Å². The molecule has 25 heavy (non-hydrogen) atoms. The second-order valence-corrected chi connectivity index (χ2v) is 7.33. The molecule has 0 saturated heterocycles. The molecule has 2 aromatic carbocycles. The van der Waals surface area contributed by atoms with E-state index in [4.69, 9.17) is 9.47 Å². The molecule has 2 atom stereocenters. The van der Waals surface area contributed by atoms with Crippen LogP contribution in [0.25, 0.3) is 0 Å². The number of benzene rings is 2. The molecule has 0 spiro atoms. The fraction of sp³-hybridized carbons (Fsp3) is 0.350. The van der Waals surface area contributed by atoms with Crippen molar-refractivity contribution in [2.24, 2.45) is 4.40 Å². The van der Waals surface area contributed by atoms with E-state index in [0.717, 1.165) is 23.3 Å². The Morgan fingerprint density at radius 3 is 2.56 bits per heavy atom. The van der Waals surface area contributed by atoms with Crippen molar-refractivity contribution in [3.63, 3.8) is 0 Å². The minimum Gasteiger partial charge on any atom is -0.468 e. The molecule has 134 valence electrons. The molecule has 0 aliphatic heterocycles. The minimum absolute atomic E-state index is 0.206. The van der Waals surface area contributed by atoms with Crippen LogP contribution in [0.3, 0.4) is 0 Å². The summed E-state index contributed by atoms with van der Waals surface area (Å²) in [4.78, 5) is 0.706. The molecule has 0 saturated carbocycles. The topological polar surface area (TPSA) is 47.9 Å². The van der Waals surface area contributed by atoms with E-state index in [1.54, 1.807) is 13.3 Å². The van der Waals surface area contributed by atoms with Crippen LogP contribution < -0.4 is 4.74 Å². The van der Waals surface area contributed by atoms with Crippen LogP contribution in [0.5, 0.6) is 5.75 Å². The molecule has 0 amide bonds. The molecule has 0 N–H and O–H groups in total. The quantitative estimate of drug-likeness (QED) is 0.517. The Balaban J connectivity index is 2.21. The minimum atomic E-state index is -1.41. The van der Waals surface area contributed by atoms with E-state index in [9.17, 15) is 4.21 Å². The molecular formula is C20H25NO3S. The lowest BCUT2D eigenvalue weighted by atomic mass is 9.81. The fourth-order valence-electron chi connectivity index (χ4n) is 2.32. The summed E-state index contributed by atoms with van der Waals surface area (Å²) in [5.74, 6) is 0.743. The Bertz CT molecular complexity index is 743. The van der Waals surface area contributed by atoms with Gasteiger partial charge in [-0.1, -0.05) is 43.7 Å². The first-order valence-corrected chi connectivity index (χ1v) is 9.35. The van der Waals surface area contributed by atoms with E-state index in [1.165, 1.54) is 0 Å². The maximum atomic E-state index is 12.4. The largest absolute Gasteiger partial charge is 0.468 e. The van der Waals surface area contributed by atoms with Gasteiger partial charge in [0, 0.05) is 18.7 Å². The number of aryl methyl sites for hydroxylation is 1. The van der Waals surface area contributed by atoms with Gasteiger partial charge in [0.05, 0.1) is 4.90 Å². The van der Waals surface area contributed by atoms with Crippen molar-refractivity contribution in [1.82, 2.24) is 0 Å². The van der Waals surface area contributed by atoms with Gasteiger partial charge in [-0.3, -0.25) is 0 Å². The average molecular weight is 359 g/mol. The summed E-state index contributed by atoms with van der Waals surface area (Å²) >= 11 is 0. The highest BCUT2D eigenvalue weighted by molar-refractivity contribution is 7.83. The Kier molecular flexibility index (Phi) is 6.91. The van der Waals surface area contributed by atoms with E-state index in [-0.39, 0.29) is 12.2 Å². The van der Waals surface area contributed by atoms with E-state index < -0.39 is 11.0 Å². The summed E-state index contributed by atoms with van der Waals surface area (Å²) in [7, 11) is 0.185. The summed E-state index contributed by atoms with van der Waals surface area (Å²) in [6.45, 7) is 6.38. The van der Waals surface area contributed by atoms with Crippen LogP contribution in [0, 0.1) is 6.92 Å². The molecular weight excluding hydrogens is 334 g/mol. The molecule has 5 heteroatoms. The third kappa shape index (κ3) is 5.25. The van der Waals surface area contributed by atoms with Crippen molar-refractivity contribution in [2.45, 2.75) is 37.5 Å². The van der Waals surface area contributed by atoms with Gasteiger partial charge in [0.15, 0.2) is 17.8 Å². The number of rotatable bonds is 8. The van der Waals surface area contributed by atoms with Crippen LogP contribution in [-0.2, 0) is 21.1 Å². The number of methoxy groups -OCH3 is 1. The first-order chi connectivity index (χ1) is 12.0. The van der Waals surface area contributed by atoms with Crippen molar-refractivity contribution in [1.29, 1.82) is 0 Å². The molecule has 4 nitrogen and oxygen atoms in total. The van der Waals surface area contributed by atoms with Crippen molar-refractivity contribution >= 4 is 17.2 Å². The summed E-state index contributed by atoms with van der Waals surface area (Å²) in [5.41, 5.74) is 1.87. The van der Waals surface area contributed by atoms with Gasteiger partial charge < -0.3 is 9.47 Å². The van der Waals surface area contributed by atoms with Crippen LogP contribution in [0.2, 0.25) is 0 Å². The van der Waals surface area contributed by atoms with Crippen LogP contribution in [0.4, 0.5) is 0 Å². The van der Waals surface area contributed by atoms with Crippen LogP contribution in [0.1, 0.15) is 31.4 Å². The highest BCUT2D eigenvalue weighted by Gasteiger charge is 2.23. The first-order valence-electron chi connectivity index (χ1n) is 8.24. The second kappa shape index (κ2) is 8.92. The molecule has 0 aliphatic carbocycles. The molecule has 0 fully saturated rings. The van der Waals surface area contributed by atoms with E-state index >= 15 is 0 Å². The van der Waals surface area contributed by atoms with Gasteiger partial charge in [-0.25, -0.2) is 4.21 Å². The SMILES string of the molecule is CC[C@@](C)(/C=N/S(=O)c1ccc(C)cc1)c1cccc(OCOC)c1. The van der Waals surface area contributed by atoms with Crippen molar-refractivity contribution in [3.05, 3.63) is 59.7 Å². The van der Waals surface area contributed by atoms with Crippen LogP contribution in [0.15, 0.2) is 57.8 Å². The van der Waals surface area contributed by atoms with Crippen LogP contribution >= 0.6 is 0 Å². The summed E-state index contributed by atoms with van der Waals surface area (Å²) in [6, 6.07) is 15.4. The molecule has 0 bridgehead atoms. The standard InChI is InChI=1S/C20H25NO3S/c1-5-20(3,17-7-6-8-18(13-17)24-15-23-4)14-21-25(22)19-11-9-16(2)10-12-19/h6-14H,5,15H2,1-4H3/b21-14+/t20-,25?/m0/s1. The molecule has 2 rings (SSSR count). The number of ether oxygens (including phenoxy) is 2. The Hall–Kier alpha value is -1.98. The lowest BCUT2D eigenvalue weighted by molar-refractivity contribution is 0.0510. The summed E-state index contributed by atoms with van der Waals surface area (Å²) < 4.78 is 27.2. The fourth-order valence-corrected chi connectivity index (χ4v) is 3.14. The van der Waals surface area contributed by atoms with Gasteiger partial charge in [-0.05, 0) is 43.2 Å². The Morgan fingerprint density at radius 2 is 1.92 bits per heavy atom. The monoisotopic (exact) mass is 359 g/mol. The number of nitrogens with zero attached hydrogens (tertiary/aromatic N) is 1. The van der Waals surface area contributed by atoms with Gasteiger partial charge >= 0.3 is 0 Å². The second-order valence-electron chi connectivity index (χ2n) is 6.15. The summed E-state index contributed by atoms with van der Waals surface area (Å²) in [6.07, 6.45) is 2.62. The lowest BCUT2D eigenvalue weighted by Crippen LogP contribution is -2.23. The maximum Gasteiger partial charge on any atom is 0.188 e. The van der Waals surface area contributed by atoms with Gasteiger partial charge in [0.1, 0.15) is 5.75 Å². The third-order valence-electron chi connectivity index (χ3n) is 4.23. The number of hydrogen-bond donors (Lipinski definition) is 0. The number of hydrogen-bond acceptors (Lipinski definition) is 3. The van der Waals surface area contributed by atoms with Gasteiger partial charge in [0.25, 0.3) is 0 Å². The molecule has 1 unspecified atom stereocenters. The molecule has 0 heterocycles. The zero-order valence-electron chi connectivity index (χ0n) is 15.2. The highest BCUT2D eigenvalue weighted by Crippen LogP contribution is 2.29. The van der Waals surface area contributed by atoms with Crippen LogP contribution in [-0.4, -0.2) is 24.3 Å². The normalized spacial score (nSPS) is 15.0. The molecule has 0 aromatic heterocycles. The highest BCUT2D eigenvalue weighted by atomic mass is 32.2. The lowest BCUT2D eigenvalue weighted by Gasteiger charge is -2.24. The Labute approximate surface area is 152 Å². The van der Waals surface area contributed by atoms with Gasteiger partial charge in [-0.15, -0.1) is 0 Å². The predicted octanol–water partition coefficient (Wildman–Crippen LogP) is 4.44. The molecule has 0 aliphatic rings. The van der Waals surface area contributed by atoms with E-state index in [2.05, 4.69) is 18.2 Å². The smallest absolute Gasteiger partial charge is 0.188 e. The first kappa shape index (κ1) is 19.3. The Morgan fingerprint density at radius 1 is 1.20 bits per heavy atom. The molecule has 2 aromatic rings. The maximum absolute atomic E-state index is 12.4. The third-order valence-corrected chi connectivity index (χ3v) is 5.20.